The van der Waals surface area contributed by atoms with E-state index in [-0.39, 0.29) is 11.9 Å². The minimum Gasteiger partial charge on any atom is -0.478 e. The summed E-state index contributed by atoms with van der Waals surface area (Å²) in [6, 6.07) is 23.0. The number of benzene rings is 3. The molecule has 0 aliphatic carbocycles. The van der Waals surface area contributed by atoms with Crippen LogP contribution in [0, 0.1) is 0 Å². The molecule has 0 saturated carbocycles. The molecule has 29 heavy (non-hydrogen) atoms. The number of amides is 1. The Balaban J connectivity index is 1.44. The summed E-state index contributed by atoms with van der Waals surface area (Å²) in [6.45, 7) is 0. The average Bonchev–Trinajstić information content (AvgIpc) is 2.79. The molecule has 5 nitrogen and oxygen atoms in total. The Morgan fingerprint density at radius 2 is 1.69 bits per heavy atom. The smallest absolute Gasteiger partial charge is 0.347 e. The van der Waals surface area contributed by atoms with Crippen LogP contribution < -0.4 is 10.1 Å². The van der Waals surface area contributed by atoms with E-state index in [2.05, 4.69) is 5.32 Å². The summed E-state index contributed by atoms with van der Waals surface area (Å²) in [5.41, 5.74) is 4.42. The molecule has 1 N–H and O–H groups in total. The molecule has 0 unspecified atom stereocenters. The first kappa shape index (κ1) is 18.7. The van der Waals surface area contributed by atoms with Crippen LogP contribution in [0.2, 0.25) is 0 Å². The van der Waals surface area contributed by atoms with E-state index in [1.165, 1.54) is 7.11 Å². The Hall–Kier alpha value is -3.60. The monoisotopic (exact) mass is 387 g/mol. The molecule has 0 saturated heterocycles. The minimum absolute atomic E-state index is 0.172. The van der Waals surface area contributed by atoms with Crippen LogP contribution in [0.1, 0.15) is 22.3 Å². The van der Waals surface area contributed by atoms with Gasteiger partial charge in [0.25, 0.3) is 5.91 Å². The molecule has 1 aliphatic rings. The van der Waals surface area contributed by atoms with Crippen molar-refractivity contribution < 1.29 is 19.1 Å². The van der Waals surface area contributed by atoms with Gasteiger partial charge in [-0.1, -0.05) is 42.5 Å². The van der Waals surface area contributed by atoms with Crippen LogP contribution in [0.3, 0.4) is 0 Å². The van der Waals surface area contributed by atoms with E-state index in [1.54, 1.807) is 12.1 Å². The number of esters is 1. The van der Waals surface area contributed by atoms with E-state index in [4.69, 9.17) is 9.47 Å². The highest BCUT2D eigenvalue weighted by Gasteiger charge is 2.27. The molecule has 4 rings (SSSR count). The molecular formula is C24H21NO4. The van der Waals surface area contributed by atoms with Gasteiger partial charge in [-0.25, -0.2) is 4.79 Å². The molecule has 0 spiro atoms. The molecule has 146 valence electrons. The first-order chi connectivity index (χ1) is 14.1. The molecule has 0 radical (unpaired) electrons. The van der Waals surface area contributed by atoms with E-state index in [0.717, 1.165) is 16.7 Å². The molecule has 0 aromatic heterocycles. The van der Waals surface area contributed by atoms with Crippen molar-refractivity contribution in [2.75, 3.05) is 12.4 Å². The summed E-state index contributed by atoms with van der Waals surface area (Å²) < 4.78 is 10.4. The lowest BCUT2D eigenvalue weighted by atomic mass is 10.0. The van der Waals surface area contributed by atoms with Gasteiger partial charge in [0.05, 0.1) is 7.11 Å². The molecule has 1 atom stereocenters. The van der Waals surface area contributed by atoms with E-state index >= 15 is 0 Å². The Kier molecular flexibility index (Phi) is 5.29. The quantitative estimate of drug-likeness (QED) is 0.671. The van der Waals surface area contributed by atoms with Crippen LogP contribution in [0.5, 0.6) is 5.75 Å². The third kappa shape index (κ3) is 4.14. The molecule has 1 heterocycles. The number of rotatable bonds is 4. The number of carbonyl (C=O) groups is 2. The first-order valence-electron chi connectivity index (χ1n) is 9.48. The summed E-state index contributed by atoms with van der Waals surface area (Å²) in [6.07, 6.45) is 0.666. The van der Waals surface area contributed by atoms with Gasteiger partial charge in [0.15, 0.2) is 6.10 Å². The maximum Gasteiger partial charge on any atom is 0.347 e. The number of anilines is 1. The standard InChI is InChI=1S/C24H21NO4/c1-28-24(27)22-13-11-19-15-20(12-14-21(19)29-22)25-23(26)18-9-7-17(8-10-18)16-5-3-2-4-6-16/h2-10,12,14-15,22H,11,13H2,1H3,(H,25,26)/t22-/m0/s1. The van der Waals surface area contributed by atoms with Crippen LogP contribution in [0.25, 0.3) is 11.1 Å². The van der Waals surface area contributed by atoms with Gasteiger partial charge in [-0.15, -0.1) is 0 Å². The number of aryl methyl sites for hydroxylation is 1. The molecule has 3 aromatic rings. The molecular weight excluding hydrogens is 366 g/mol. The van der Waals surface area contributed by atoms with Gasteiger partial charge in [-0.3, -0.25) is 4.79 Å². The van der Waals surface area contributed by atoms with Crippen LogP contribution in [0.4, 0.5) is 5.69 Å². The Morgan fingerprint density at radius 1 is 0.966 bits per heavy atom. The summed E-state index contributed by atoms with van der Waals surface area (Å²) in [5.74, 6) is 0.109. The van der Waals surface area contributed by atoms with Gasteiger partial charge in [-0.2, -0.15) is 0 Å². The predicted octanol–water partition coefficient (Wildman–Crippen LogP) is 4.47. The normalized spacial score (nSPS) is 15.0. The second kappa shape index (κ2) is 8.19. The van der Waals surface area contributed by atoms with Gasteiger partial charge in [-0.05, 0) is 59.9 Å². The van der Waals surface area contributed by atoms with E-state index in [9.17, 15) is 9.59 Å². The van der Waals surface area contributed by atoms with Gasteiger partial charge < -0.3 is 14.8 Å². The lowest BCUT2D eigenvalue weighted by Crippen LogP contribution is -2.32. The lowest BCUT2D eigenvalue weighted by molar-refractivity contribution is -0.149. The van der Waals surface area contributed by atoms with Crippen LogP contribution in [0.15, 0.2) is 72.8 Å². The highest BCUT2D eigenvalue weighted by molar-refractivity contribution is 6.04. The zero-order valence-electron chi connectivity index (χ0n) is 16.1. The third-order valence-corrected chi connectivity index (χ3v) is 4.98. The maximum absolute atomic E-state index is 12.6. The third-order valence-electron chi connectivity index (χ3n) is 4.98. The largest absolute Gasteiger partial charge is 0.478 e. The number of fused-ring (bicyclic) bond motifs is 1. The zero-order chi connectivity index (χ0) is 20.2. The molecule has 0 bridgehead atoms. The van der Waals surface area contributed by atoms with Crippen LogP contribution >= 0.6 is 0 Å². The van der Waals surface area contributed by atoms with Gasteiger partial charge >= 0.3 is 5.97 Å². The number of hydrogen-bond donors (Lipinski definition) is 1. The van der Waals surface area contributed by atoms with Crippen LogP contribution in [-0.4, -0.2) is 25.1 Å². The molecule has 1 aliphatic heterocycles. The number of carbonyl (C=O) groups excluding carboxylic acids is 2. The molecule has 5 heteroatoms. The van der Waals surface area contributed by atoms with Crippen molar-refractivity contribution in [2.45, 2.75) is 18.9 Å². The summed E-state index contributed by atoms with van der Waals surface area (Å²) in [5, 5.41) is 2.93. The van der Waals surface area contributed by atoms with Crippen LogP contribution in [-0.2, 0) is 16.0 Å². The van der Waals surface area contributed by atoms with Crippen molar-refractivity contribution in [3.05, 3.63) is 83.9 Å². The van der Waals surface area contributed by atoms with Crippen molar-refractivity contribution in [3.8, 4) is 16.9 Å². The predicted molar refractivity (Wildman–Crippen MR) is 111 cm³/mol. The average molecular weight is 387 g/mol. The molecule has 0 fully saturated rings. The number of hydrogen-bond acceptors (Lipinski definition) is 4. The second-order valence-electron chi connectivity index (χ2n) is 6.89. The highest BCUT2D eigenvalue weighted by atomic mass is 16.6. The van der Waals surface area contributed by atoms with Crippen molar-refractivity contribution in [2.24, 2.45) is 0 Å². The second-order valence-corrected chi connectivity index (χ2v) is 6.89. The van der Waals surface area contributed by atoms with Gasteiger partial charge in [0, 0.05) is 11.3 Å². The summed E-state index contributed by atoms with van der Waals surface area (Å²) in [4.78, 5) is 24.3. The van der Waals surface area contributed by atoms with Crippen molar-refractivity contribution in [3.63, 3.8) is 0 Å². The Morgan fingerprint density at radius 3 is 2.41 bits per heavy atom. The minimum atomic E-state index is -0.573. The molecule has 1 amide bonds. The number of ether oxygens (including phenoxy) is 2. The SMILES string of the molecule is COC(=O)[C@@H]1CCc2cc(NC(=O)c3ccc(-c4ccccc4)cc3)ccc2O1. The van der Waals surface area contributed by atoms with Crippen molar-refractivity contribution in [1.82, 2.24) is 0 Å². The van der Waals surface area contributed by atoms with E-state index in [1.807, 2.05) is 60.7 Å². The zero-order valence-corrected chi connectivity index (χ0v) is 16.1. The fourth-order valence-electron chi connectivity index (χ4n) is 3.41. The lowest BCUT2D eigenvalue weighted by Gasteiger charge is -2.24. The van der Waals surface area contributed by atoms with E-state index in [0.29, 0.717) is 29.8 Å². The fraction of sp³-hybridized carbons (Fsp3) is 0.167. The van der Waals surface area contributed by atoms with Gasteiger partial charge in [0.1, 0.15) is 5.75 Å². The Bertz CT molecular complexity index is 1030. The summed E-state index contributed by atoms with van der Waals surface area (Å²) >= 11 is 0. The fourth-order valence-corrected chi connectivity index (χ4v) is 3.41. The maximum atomic E-state index is 12.6. The first-order valence-corrected chi connectivity index (χ1v) is 9.48. The topological polar surface area (TPSA) is 64.6 Å². The number of methoxy groups -OCH3 is 1. The highest BCUT2D eigenvalue weighted by Crippen LogP contribution is 2.30. The van der Waals surface area contributed by atoms with Crippen molar-refractivity contribution >= 4 is 17.6 Å². The van der Waals surface area contributed by atoms with Gasteiger partial charge in [0.2, 0.25) is 0 Å². The van der Waals surface area contributed by atoms with Crippen molar-refractivity contribution in [1.29, 1.82) is 0 Å². The number of nitrogens with one attached hydrogen (secondary N) is 1. The Labute approximate surface area is 169 Å². The van der Waals surface area contributed by atoms with E-state index < -0.39 is 6.10 Å². The molecule has 3 aromatic carbocycles. The summed E-state index contributed by atoms with van der Waals surface area (Å²) in [7, 11) is 1.35.